The number of ether oxygens (including phenoxy) is 1. The van der Waals surface area contributed by atoms with Crippen LogP contribution in [-0.2, 0) is 9.53 Å². The Labute approximate surface area is 121 Å². The Morgan fingerprint density at radius 2 is 2.14 bits per heavy atom. The van der Waals surface area contributed by atoms with Crippen molar-refractivity contribution >= 4 is 17.7 Å². The molecule has 0 spiro atoms. The first-order chi connectivity index (χ1) is 9.99. The summed E-state index contributed by atoms with van der Waals surface area (Å²) >= 11 is 0. The molecule has 2 unspecified atom stereocenters. The number of hydrogen-bond donors (Lipinski definition) is 2. The van der Waals surface area contributed by atoms with Crippen LogP contribution < -0.4 is 10.2 Å². The largest absolute Gasteiger partial charge is 0.479 e. The number of carboxylic acids is 1. The lowest BCUT2D eigenvalue weighted by molar-refractivity contribution is -0.149. The summed E-state index contributed by atoms with van der Waals surface area (Å²) in [5.41, 5.74) is 0.172. The second-order valence-electron chi connectivity index (χ2n) is 4.86. The van der Waals surface area contributed by atoms with Gasteiger partial charge in [-0.15, -0.1) is 0 Å². The molecule has 0 radical (unpaired) electrons. The highest BCUT2D eigenvalue weighted by atomic mass is 19.1. The van der Waals surface area contributed by atoms with Crippen LogP contribution in [0.15, 0.2) is 24.3 Å². The SMILES string of the molecule is CN(C(=O)NCC1CCC(C(=O)O)O1)c1ccccc1F. The number of carbonyl (C=O) groups excluding carboxylic acids is 1. The van der Waals surface area contributed by atoms with Crippen molar-refractivity contribution < 1.29 is 23.8 Å². The van der Waals surface area contributed by atoms with Gasteiger partial charge < -0.3 is 15.2 Å². The quantitative estimate of drug-likeness (QED) is 0.884. The Kier molecular flexibility index (Phi) is 4.74. The van der Waals surface area contributed by atoms with Gasteiger partial charge in [0, 0.05) is 13.6 Å². The van der Waals surface area contributed by atoms with Crippen molar-refractivity contribution in [1.82, 2.24) is 5.32 Å². The number of amides is 2. The molecule has 2 rings (SSSR count). The van der Waals surface area contributed by atoms with Crippen LogP contribution >= 0.6 is 0 Å². The summed E-state index contributed by atoms with van der Waals surface area (Å²) in [4.78, 5) is 23.9. The van der Waals surface area contributed by atoms with Crippen LogP contribution in [0, 0.1) is 5.82 Å². The molecule has 21 heavy (non-hydrogen) atoms. The van der Waals surface area contributed by atoms with E-state index in [4.69, 9.17) is 9.84 Å². The van der Waals surface area contributed by atoms with Crippen molar-refractivity contribution in [3.05, 3.63) is 30.1 Å². The number of para-hydroxylation sites is 1. The number of benzene rings is 1. The van der Waals surface area contributed by atoms with Gasteiger partial charge in [0.2, 0.25) is 0 Å². The summed E-state index contributed by atoms with van der Waals surface area (Å²) < 4.78 is 18.8. The van der Waals surface area contributed by atoms with Gasteiger partial charge in [-0.1, -0.05) is 12.1 Å². The maximum Gasteiger partial charge on any atom is 0.332 e. The van der Waals surface area contributed by atoms with Gasteiger partial charge in [0.05, 0.1) is 11.8 Å². The van der Waals surface area contributed by atoms with E-state index in [0.29, 0.717) is 12.8 Å². The summed E-state index contributed by atoms with van der Waals surface area (Å²) in [6, 6.07) is 5.49. The van der Waals surface area contributed by atoms with Crippen molar-refractivity contribution in [2.24, 2.45) is 0 Å². The predicted molar refractivity (Wildman–Crippen MR) is 73.7 cm³/mol. The van der Waals surface area contributed by atoms with E-state index in [0.717, 1.165) is 0 Å². The van der Waals surface area contributed by atoms with Crippen LogP contribution in [-0.4, -0.2) is 42.9 Å². The molecule has 1 saturated heterocycles. The Hall–Kier alpha value is -2.15. The molecule has 6 nitrogen and oxygen atoms in total. The molecule has 2 N–H and O–H groups in total. The number of nitrogens with zero attached hydrogens (tertiary/aromatic N) is 1. The Balaban J connectivity index is 1.85. The van der Waals surface area contributed by atoms with Gasteiger partial charge in [0.25, 0.3) is 0 Å². The minimum Gasteiger partial charge on any atom is -0.479 e. The summed E-state index contributed by atoms with van der Waals surface area (Å²) in [7, 11) is 1.46. The van der Waals surface area contributed by atoms with Crippen LogP contribution in [0.25, 0.3) is 0 Å². The zero-order valence-corrected chi connectivity index (χ0v) is 11.6. The van der Waals surface area contributed by atoms with Gasteiger partial charge >= 0.3 is 12.0 Å². The maximum absolute atomic E-state index is 13.6. The van der Waals surface area contributed by atoms with Gasteiger partial charge in [0.15, 0.2) is 6.10 Å². The molecule has 0 aromatic heterocycles. The third kappa shape index (κ3) is 3.69. The zero-order valence-electron chi connectivity index (χ0n) is 11.6. The predicted octanol–water partition coefficient (Wildman–Crippen LogP) is 1.60. The average Bonchev–Trinajstić information content (AvgIpc) is 2.93. The summed E-state index contributed by atoms with van der Waals surface area (Å²) in [6.45, 7) is 0.196. The molecular weight excluding hydrogens is 279 g/mol. The average molecular weight is 296 g/mol. The maximum atomic E-state index is 13.6. The number of anilines is 1. The molecule has 1 heterocycles. The number of halogens is 1. The van der Waals surface area contributed by atoms with E-state index in [1.807, 2.05) is 0 Å². The first-order valence-electron chi connectivity index (χ1n) is 6.63. The summed E-state index contributed by atoms with van der Waals surface area (Å²) in [5, 5.41) is 11.4. The van der Waals surface area contributed by atoms with Crippen molar-refractivity contribution in [1.29, 1.82) is 0 Å². The fraction of sp³-hybridized carbons (Fsp3) is 0.429. The molecule has 1 aromatic carbocycles. The van der Waals surface area contributed by atoms with Crippen molar-refractivity contribution in [2.75, 3.05) is 18.5 Å². The fourth-order valence-electron chi connectivity index (χ4n) is 2.19. The van der Waals surface area contributed by atoms with E-state index in [-0.39, 0.29) is 18.3 Å². The van der Waals surface area contributed by atoms with Crippen LogP contribution in [0.5, 0.6) is 0 Å². The number of hydrogen-bond acceptors (Lipinski definition) is 3. The third-order valence-corrected chi connectivity index (χ3v) is 3.38. The first-order valence-corrected chi connectivity index (χ1v) is 6.63. The normalized spacial score (nSPS) is 21.0. The van der Waals surface area contributed by atoms with E-state index in [9.17, 15) is 14.0 Å². The molecule has 7 heteroatoms. The standard InChI is InChI=1S/C14H17FN2O4/c1-17(11-5-3-2-4-10(11)15)14(20)16-8-9-6-7-12(21-9)13(18)19/h2-5,9,12H,6-8H2,1H3,(H,16,20)(H,18,19). The number of aliphatic carboxylic acids is 1. The van der Waals surface area contributed by atoms with Crippen molar-refractivity contribution in [3.63, 3.8) is 0 Å². The number of carbonyl (C=O) groups is 2. The number of rotatable bonds is 4. The van der Waals surface area contributed by atoms with E-state index in [2.05, 4.69) is 5.32 Å². The molecule has 2 amide bonds. The third-order valence-electron chi connectivity index (χ3n) is 3.38. The van der Waals surface area contributed by atoms with Gasteiger partial charge in [0.1, 0.15) is 5.82 Å². The molecule has 1 fully saturated rings. The van der Waals surface area contributed by atoms with E-state index < -0.39 is 23.9 Å². The molecule has 1 aromatic rings. The molecule has 114 valence electrons. The van der Waals surface area contributed by atoms with E-state index in [1.54, 1.807) is 12.1 Å². The second-order valence-corrected chi connectivity index (χ2v) is 4.86. The molecule has 1 aliphatic heterocycles. The van der Waals surface area contributed by atoms with Crippen LogP contribution in [0.2, 0.25) is 0 Å². The number of carboxylic acid groups (broad SMARTS) is 1. The molecule has 0 saturated carbocycles. The van der Waals surface area contributed by atoms with Crippen LogP contribution in [0.1, 0.15) is 12.8 Å². The summed E-state index contributed by atoms with van der Waals surface area (Å²) in [6.07, 6.45) is -0.139. The second kappa shape index (κ2) is 6.53. The van der Waals surface area contributed by atoms with Gasteiger partial charge in [-0.3, -0.25) is 4.90 Å². The first kappa shape index (κ1) is 15.2. The van der Waals surface area contributed by atoms with E-state index in [1.165, 1.54) is 24.1 Å². The zero-order chi connectivity index (χ0) is 15.4. The van der Waals surface area contributed by atoms with Crippen molar-refractivity contribution in [2.45, 2.75) is 25.0 Å². The fourth-order valence-corrected chi connectivity index (χ4v) is 2.19. The lowest BCUT2D eigenvalue weighted by Crippen LogP contribution is -2.41. The lowest BCUT2D eigenvalue weighted by Gasteiger charge is -2.20. The topological polar surface area (TPSA) is 78.9 Å². The van der Waals surface area contributed by atoms with Crippen LogP contribution in [0.3, 0.4) is 0 Å². The molecule has 2 atom stereocenters. The molecule has 1 aliphatic rings. The monoisotopic (exact) mass is 296 g/mol. The highest BCUT2D eigenvalue weighted by Gasteiger charge is 2.30. The molecular formula is C14H17FN2O4. The van der Waals surface area contributed by atoms with Crippen molar-refractivity contribution in [3.8, 4) is 0 Å². The van der Waals surface area contributed by atoms with Crippen LogP contribution in [0.4, 0.5) is 14.9 Å². The molecule has 0 bridgehead atoms. The number of nitrogens with one attached hydrogen (secondary N) is 1. The Morgan fingerprint density at radius 1 is 1.43 bits per heavy atom. The van der Waals surface area contributed by atoms with Gasteiger partial charge in [-0.05, 0) is 25.0 Å². The highest BCUT2D eigenvalue weighted by molar-refractivity contribution is 5.91. The lowest BCUT2D eigenvalue weighted by atomic mass is 10.2. The van der Waals surface area contributed by atoms with Gasteiger partial charge in [-0.25, -0.2) is 14.0 Å². The summed E-state index contributed by atoms with van der Waals surface area (Å²) in [5.74, 6) is -1.48. The Bertz CT molecular complexity index is 537. The van der Waals surface area contributed by atoms with Gasteiger partial charge in [-0.2, -0.15) is 0 Å². The Morgan fingerprint density at radius 3 is 2.76 bits per heavy atom. The molecule has 0 aliphatic carbocycles. The number of urea groups is 1. The highest BCUT2D eigenvalue weighted by Crippen LogP contribution is 2.20. The smallest absolute Gasteiger partial charge is 0.332 e. The minimum absolute atomic E-state index is 0.172. The minimum atomic E-state index is -0.993. The van der Waals surface area contributed by atoms with E-state index >= 15 is 0 Å².